The quantitative estimate of drug-likeness (QED) is 0.616. The molecule has 1 aliphatic heterocycles. The highest BCUT2D eigenvalue weighted by molar-refractivity contribution is 7.89. The lowest BCUT2D eigenvalue weighted by atomic mass is 10.1. The molecule has 0 spiro atoms. The predicted octanol–water partition coefficient (Wildman–Crippen LogP) is 3.71. The Balaban J connectivity index is 1.26. The van der Waals surface area contributed by atoms with Crippen LogP contribution in [0.1, 0.15) is 60.9 Å². The molecule has 2 amide bonds. The van der Waals surface area contributed by atoms with E-state index in [2.05, 4.69) is 10.0 Å². The summed E-state index contributed by atoms with van der Waals surface area (Å²) in [6.45, 7) is 1.61. The Morgan fingerprint density at radius 3 is 2.12 bits per heavy atom. The average Bonchev–Trinajstić information content (AvgIpc) is 3.65. The maximum Gasteiger partial charge on any atom is 0.253 e. The van der Waals surface area contributed by atoms with Crippen LogP contribution in [0.3, 0.4) is 0 Å². The zero-order valence-corrected chi connectivity index (χ0v) is 19.6. The summed E-state index contributed by atoms with van der Waals surface area (Å²) in [4.78, 5) is 27.2. The van der Waals surface area contributed by atoms with Gasteiger partial charge in [0.05, 0.1) is 4.90 Å². The van der Waals surface area contributed by atoms with E-state index in [-0.39, 0.29) is 29.2 Å². The molecule has 0 atom stereocenters. The van der Waals surface area contributed by atoms with Crippen LogP contribution in [0.2, 0.25) is 0 Å². The molecule has 176 valence electrons. The van der Waals surface area contributed by atoms with E-state index in [1.165, 1.54) is 12.8 Å². The molecular weight excluding hydrogens is 438 g/mol. The van der Waals surface area contributed by atoms with E-state index in [0.29, 0.717) is 17.7 Å². The van der Waals surface area contributed by atoms with Crippen molar-refractivity contribution in [2.75, 3.05) is 18.4 Å². The Bertz CT molecular complexity index is 1070. The predicted molar refractivity (Wildman–Crippen MR) is 128 cm³/mol. The van der Waals surface area contributed by atoms with Crippen LogP contribution >= 0.6 is 0 Å². The number of carbonyl (C=O) groups excluding carboxylic acids is 2. The third-order valence-electron chi connectivity index (χ3n) is 6.08. The van der Waals surface area contributed by atoms with Gasteiger partial charge < -0.3 is 10.2 Å². The molecule has 4 rings (SSSR count). The van der Waals surface area contributed by atoms with Crippen molar-refractivity contribution in [2.45, 2.75) is 62.3 Å². The fourth-order valence-corrected chi connectivity index (χ4v) is 5.26. The number of likely N-dealkylation sites (tertiary alicyclic amines) is 1. The number of nitrogens with zero attached hydrogens (tertiary/aromatic N) is 1. The molecule has 2 aliphatic rings. The molecule has 0 aromatic heterocycles. The number of nitrogens with one attached hydrogen (secondary N) is 2. The van der Waals surface area contributed by atoms with Crippen molar-refractivity contribution in [2.24, 2.45) is 0 Å². The zero-order chi connectivity index (χ0) is 23.3. The first-order chi connectivity index (χ1) is 15.9. The molecule has 7 nitrogen and oxygen atoms in total. The Morgan fingerprint density at radius 1 is 0.879 bits per heavy atom. The normalized spacial score (nSPS) is 16.8. The van der Waals surface area contributed by atoms with Crippen molar-refractivity contribution in [1.82, 2.24) is 9.62 Å². The van der Waals surface area contributed by atoms with E-state index >= 15 is 0 Å². The maximum absolute atomic E-state index is 12.7. The van der Waals surface area contributed by atoms with Gasteiger partial charge in [-0.15, -0.1) is 0 Å². The molecule has 2 fully saturated rings. The average molecular weight is 470 g/mol. The summed E-state index contributed by atoms with van der Waals surface area (Å²) in [7, 11) is -3.46. The number of amides is 2. The number of anilines is 1. The van der Waals surface area contributed by atoms with Crippen molar-refractivity contribution in [3.63, 3.8) is 0 Å². The summed E-state index contributed by atoms with van der Waals surface area (Å²) in [5.41, 5.74) is 2.19. The van der Waals surface area contributed by atoms with E-state index in [9.17, 15) is 18.0 Å². The van der Waals surface area contributed by atoms with Gasteiger partial charge in [-0.05, 0) is 74.1 Å². The van der Waals surface area contributed by atoms with E-state index < -0.39 is 10.0 Å². The number of carbonyl (C=O) groups is 2. The standard InChI is InChI=1S/C25H31N3O4S/c29-24(16-7-19-5-14-23(15-6-19)33(31,32)27-22-12-13-22)26-21-10-8-20(9-11-21)25(30)28-17-3-1-2-4-18-28/h5-6,8-11,14-15,22,27H,1-4,7,12-13,16-18H2,(H,26,29). The second-order valence-corrected chi connectivity index (χ2v) is 10.6. The molecule has 0 unspecified atom stereocenters. The summed E-state index contributed by atoms with van der Waals surface area (Å²) in [6.07, 6.45) is 7.03. The number of benzene rings is 2. The van der Waals surface area contributed by atoms with Crippen LogP contribution in [0.25, 0.3) is 0 Å². The summed E-state index contributed by atoms with van der Waals surface area (Å²) in [5.74, 6) is -0.0822. The number of sulfonamides is 1. The SMILES string of the molecule is O=C(CCc1ccc(S(=O)(=O)NC2CC2)cc1)Nc1ccc(C(=O)N2CCCCCC2)cc1. The van der Waals surface area contributed by atoms with Gasteiger partial charge in [-0.1, -0.05) is 25.0 Å². The van der Waals surface area contributed by atoms with Gasteiger partial charge in [0.2, 0.25) is 15.9 Å². The molecule has 1 aliphatic carbocycles. The fourth-order valence-electron chi connectivity index (χ4n) is 3.96. The minimum absolute atomic E-state index is 0.0487. The monoisotopic (exact) mass is 469 g/mol. The molecule has 8 heteroatoms. The maximum atomic E-state index is 12.7. The number of rotatable bonds is 8. The Kier molecular flexibility index (Phi) is 7.45. The van der Waals surface area contributed by atoms with Crippen LogP contribution in [0, 0.1) is 0 Å². The van der Waals surface area contributed by atoms with E-state index in [1.807, 2.05) is 4.90 Å². The van der Waals surface area contributed by atoms with E-state index in [0.717, 1.165) is 44.3 Å². The lowest BCUT2D eigenvalue weighted by molar-refractivity contribution is -0.116. The smallest absolute Gasteiger partial charge is 0.253 e. The largest absolute Gasteiger partial charge is 0.339 e. The lowest BCUT2D eigenvalue weighted by Crippen LogP contribution is -2.31. The van der Waals surface area contributed by atoms with Crippen molar-refractivity contribution >= 4 is 27.5 Å². The second-order valence-electron chi connectivity index (χ2n) is 8.87. The van der Waals surface area contributed by atoms with E-state index in [1.54, 1.807) is 48.5 Å². The highest BCUT2D eigenvalue weighted by Gasteiger charge is 2.27. The molecule has 0 bridgehead atoms. The lowest BCUT2D eigenvalue weighted by Gasteiger charge is -2.20. The van der Waals surface area contributed by atoms with Crippen LogP contribution in [0.15, 0.2) is 53.4 Å². The first-order valence-electron chi connectivity index (χ1n) is 11.7. The van der Waals surface area contributed by atoms with Gasteiger partial charge in [-0.3, -0.25) is 9.59 Å². The Morgan fingerprint density at radius 2 is 1.52 bits per heavy atom. The van der Waals surface area contributed by atoms with Gasteiger partial charge in [-0.25, -0.2) is 13.1 Å². The molecular formula is C25H31N3O4S. The van der Waals surface area contributed by atoms with Gasteiger partial charge in [0, 0.05) is 36.8 Å². The topological polar surface area (TPSA) is 95.6 Å². The van der Waals surface area contributed by atoms with Crippen LogP contribution in [0.5, 0.6) is 0 Å². The van der Waals surface area contributed by atoms with Gasteiger partial charge >= 0.3 is 0 Å². The summed E-state index contributed by atoms with van der Waals surface area (Å²) >= 11 is 0. The highest BCUT2D eigenvalue weighted by Crippen LogP contribution is 2.22. The van der Waals surface area contributed by atoms with Crippen LogP contribution < -0.4 is 10.0 Å². The van der Waals surface area contributed by atoms with Crippen molar-refractivity contribution in [3.8, 4) is 0 Å². The summed E-state index contributed by atoms with van der Waals surface area (Å²) < 4.78 is 27.1. The fraction of sp³-hybridized carbons (Fsp3) is 0.440. The molecule has 0 radical (unpaired) electrons. The Hall–Kier alpha value is -2.71. The van der Waals surface area contributed by atoms with Crippen LogP contribution in [-0.4, -0.2) is 44.3 Å². The van der Waals surface area contributed by atoms with Crippen LogP contribution in [-0.2, 0) is 21.2 Å². The number of hydrogen-bond acceptors (Lipinski definition) is 4. The third-order valence-corrected chi connectivity index (χ3v) is 7.62. The molecule has 1 heterocycles. The van der Waals surface area contributed by atoms with Gasteiger partial charge in [-0.2, -0.15) is 0 Å². The van der Waals surface area contributed by atoms with Gasteiger partial charge in [0.25, 0.3) is 5.91 Å². The molecule has 2 aromatic rings. The van der Waals surface area contributed by atoms with E-state index in [4.69, 9.17) is 0 Å². The highest BCUT2D eigenvalue weighted by atomic mass is 32.2. The first-order valence-corrected chi connectivity index (χ1v) is 13.2. The minimum atomic E-state index is -3.46. The molecule has 2 N–H and O–H groups in total. The molecule has 2 aromatic carbocycles. The first kappa shape index (κ1) is 23.4. The Labute approximate surface area is 195 Å². The van der Waals surface area contributed by atoms with Crippen molar-refractivity contribution < 1.29 is 18.0 Å². The zero-order valence-electron chi connectivity index (χ0n) is 18.8. The van der Waals surface area contributed by atoms with Gasteiger partial charge in [0.1, 0.15) is 0 Å². The third kappa shape index (κ3) is 6.65. The second kappa shape index (κ2) is 10.5. The van der Waals surface area contributed by atoms with Crippen molar-refractivity contribution in [1.29, 1.82) is 0 Å². The summed E-state index contributed by atoms with van der Waals surface area (Å²) in [6, 6.07) is 13.8. The van der Waals surface area contributed by atoms with Gasteiger partial charge in [0.15, 0.2) is 0 Å². The van der Waals surface area contributed by atoms with Crippen molar-refractivity contribution in [3.05, 3.63) is 59.7 Å². The molecule has 1 saturated heterocycles. The summed E-state index contributed by atoms with van der Waals surface area (Å²) in [5, 5.41) is 2.86. The number of hydrogen-bond donors (Lipinski definition) is 2. The molecule has 1 saturated carbocycles. The van der Waals surface area contributed by atoms with Crippen LogP contribution in [0.4, 0.5) is 5.69 Å². The molecule has 33 heavy (non-hydrogen) atoms. The number of aryl methyl sites for hydroxylation is 1. The minimum Gasteiger partial charge on any atom is -0.339 e.